The van der Waals surface area contributed by atoms with Crippen molar-refractivity contribution in [2.24, 2.45) is 5.92 Å². The van der Waals surface area contributed by atoms with Crippen molar-refractivity contribution in [3.63, 3.8) is 0 Å². The van der Waals surface area contributed by atoms with Crippen LogP contribution in [0.5, 0.6) is 0 Å². The predicted molar refractivity (Wildman–Crippen MR) is 108 cm³/mol. The fraction of sp³-hybridized carbons (Fsp3) is 0.381. The zero-order chi connectivity index (χ0) is 20.1. The lowest BCUT2D eigenvalue weighted by Gasteiger charge is -2.31. The Labute approximate surface area is 166 Å². The number of carbonyl (C=O) groups is 1. The van der Waals surface area contributed by atoms with Crippen LogP contribution in [0.4, 0.5) is 0 Å². The van der Waals surface area contributed by atoms with Crippen molar-refractivity contribution >= 4 is 21.5 Å². The molecule has 0 radical (unpaired) electrons. The van der Waals surface area contributed by atoms with E-state index in [0.717, 1.165) is 5.56 Å². The molecule has 1 aliphatic heterocycles. The Morgan fingerprint density at radius 1 is 1.25 bits per heavy atom. The molecule has 1 saturated heterocycles. The van der Waals surface area contributed by atoms with Crippen LogP contribution in [0, 0.1) is 11.3 Å². The van der Waals surface area contributed by atoms with E-state index in [9.17, 15) is 13.2 Å². The van der Waals surface area contributed by atoms with Gasteiger partial charge in [0.15, 0.2) is 5.78 Å². The fourth-order valence-corrected chi connectivity index (χ4v) is 5.10. The van der Waals surface area contributed by atoms with E-state index in [2.05, 4.69) is 4.98 Å². The van der Waals surface area contributed by atoms with Crippen LogP contribution in [0.25, 0.3) is 0 Å². The van der Waals surface area contributed by atoms with Crippen molar-refractivity contribution in [3.05, 3.63) is 60.4 Å². The highest BCUT2D eigenvalue weighted by Crippen LogP contribution is 2.26. The molecule has 1 N–H and O–H groups in total. The maximum Gasteiger partial charge on any atom is 0.243 e. The molecule has 0 bridgehead atoms. The Morgan fingerprint density at radius 2 is 2.00 bits per heavy atom. The molecule has 2 heterocycles. The molecule has 1 aromatic carbocycles. The molecule has 1 aromatic heterocycles. The van der Waals surface area contributed by atoms with Gasteiger partial charge < -0.3 is 5.41 Å². The van der Waals surface area contributed by atoms with E-state index >= 15 is 0 Å². The quantitative estimate of drug-likeness (QED) is 0.724. The van der Waals surface area contributed by atoms with Crippen molar-refractivity contribution in [2.75, 3.05) is 13.1 Å². The first-order valence-corrected chi connectivity index (χ1v) is 10.9. The van der Waals surface area contributed by atoms with E-state index in [1.807, 2.05) is 19.1 Å². The van der Waals surface area contributed by atoms with Gasteiger partial charge in [0.2, 0.25) is 10.0 Å². The van der Waals surface area contributed by atoms with E-state index in [0.29, 0.717) is 25.8 Å². The van der Waals surface area contributed by atoms with Crippen molar-refractivity contribution in [1.29, 1.82) is 5.41 Å². The Kier molecular flexibility index (Phi) is 6.36. The molecule has 3 rings (SSSR count). The number of rotatable bonds is 7. The summed E-state index contributed by atoms with van der Waals surface area (Å²) in [6.07, 6.45) is 5.00. The lowest BCUT2D eigenvalue weighted by Crippen LogP contribution is -2.43. The number of Topliss-reactive ketones (excluding diaryl/α,β-unsaturated/α-hetero) is 1. The Hall–Kier alpha value is -2.38. The Bertz CT molecular complexity index is 930. The van der Waals surface area contributed by atoms with Crippen molar-refractivity contribution in [1.82, 2.24) is 9.29 Å². The van der Waals surface area contributed by atoms with Gasteiger partial charge in [-0.25, -0.2) is 8.42 Å². The topological polar surface area (TPSA) is 91.2 Å². The van der Waals surface area contributed by atoms with Gasteiger partial charge in [-0.15, -0.1) is 0 Å². The molecule has 0 amide bonds. The van der Waals surface area contributed by atoms with Gasteiger partial charge in [-0.3, -0.25) is 9.78 Å². The third-order valence-corrected chi connectivity index (χ3v) is 7.08. The molecule has 2 atom stereocenters. The molecule has 1 aliphatic rings. The summed E-state index contributed by atoms with van der Waals surface area (Å²) in [5.41, 5.74) is 1.04. The summed E-state index contributed by atoms with van der Waals surface area (Å²) in [6.45, 7) is 2.51. The normalized spacial score (nSPS) is 19.1. The van der Waals surface area contributed by atoms with Crippen LogP contribution in [-0.4, -0.2) is 42.3 Å². The molecule has 0 spiro atoms. The molecule has 1 fully saturated rings. The maximum atomic E-state index is 12.8. The largest absolute Gasteiger partial charge is 0.302 e. The SMILES string of the molecule is CC(CC(=N)C(=O)C1CCCN(S(=O)(=O)c2ccccc2)C1)c1cccnc1. The van der Waals surface area contributed by atoms with Gasteiger partial charge in [-0.1, -0.05) is 31.2 Å². The summed E-state index contributed by atoms with van der Waals surface area (Å²) in [5.74, 6) is -0.692. The average Bonchev–Trinajstić information content (AvgIpc) is 2.74. The minimum atomic E-state index is -3.62. The van der Waals surface area contributed by atoms with E-state index in [1.54, 1.807) is 42.7 Å². The minimum absolute atomic E-state index is 0.0119. The van der Waals surface area contributed by atoms with E-state index < -0.39 is 15.9 Å². The van der Waals surface area contributed by atoms with Gasteiger partial charge in [-0.2, -0.15) is 4.31 Å². The highest BCUT2D eigenvalue weighted by Gasteiger charge is 2.34. The molecule has 0 saturated carbocycles. The summed E-state index contributed by atoms with van der Waals surface area (Å²) >= 11 is 0. The maximum absolute atomic E-state index is 12.8. The molecule has 28 heavy (non-hydrogen) atoms. The zero-order valence-electron chi connectivity index (χ0n) is 15.9. The van der Waals surface area contributed by atoms with Crippen LogP contribution in [-0.2, 0) is 14.8 Å². The van der Waals surface area contributed by atoms with Gasteiger partial charge in [0.1, 0.15) is 0 Å². The molecule has 2 unspecified atom stereocenters. The number of benzene rings is 1. The number of nitrogens with one attached hydrogen (secondary N) is 1. The second kappa shape index (κ2) is 8.75. The molecule has 2 aromatic rings. The van der Waals surface area contributed by atoms with E-state index in [4.69, 9.17) is 5.41 Å². The Balaban J connectivity index is 1.66. The summed E-state index contributed by atoms with van der Waals surface area (Å²) in [4.78, 5) is 17.1. The Morgan fingerprint density at radius 3 is 2.68 bits per heavy atom. The highest BCUT2D eigenvalue weighted by molar-refractivity contribution is 7.89. The molecule has 0 aliphatic carbocycles. The van der Waals surface area contributed by atoms with Gasteiger partial charge >= 0.3 is 0 Å². The first-order valence-electron chi connectivity index (χ1n) is 9.46. The van der Waals surface area contributed by atoms with Crippen LogP contribution in [0.1, 0.15) is 37.7 Å². The number of hydrogen-bond donors (Lipinski definition) is 1. The average molecular weight is 400 g/mol. The van der Waals surface area contributed by atoms with Crippen LogP contribution in [0.2, 0.25) is 0 Å². The van der Waals surface area contributed by atoms with Crippen LogP contribution in [0.3, 0.4) is 0 Å². The monoisotopic (exact) mass is 399 g/mol. The van der Waals surface area contributed by atoms with Gasteiger partial charge in [0.25, 0.3) is 0 Å². The smallest absolute Gasteiger partial charge is 0.243 e. The van der Waals surface area contributed by atoms with Gasteiger partial charge in [0.05, 0.1) is 10.6 Å². The number of ketones is 1. The number of hydrogen-bond acceptors (Lipinski definition) is 5. The number of aromatic nitrogens is 1. The summed E-state index contributed by atoms with van der Waals surface area (Å²) in [5, 5.41) is 8.26. The first-order chi connectivity index (χ1) is 13.4. The third-order valence-electron chi connectivity index (χ3n) is 5.20. The number of sulfonamides is 1. The van der Waals surface area contributed by atoms with Crippen LogP contribution in [0.15, 0.2) is 59.8 Å². The summed E-state index contributed by atoms with van der Waals surface area (Å²) < 4.78 is 27.1. The predicted octanol–water partition coefficient (Wildman–Crippen LogP) is 3.26. The van der Waals surface area contributed by atoms with Crippen molar-refractivity contribution < 1.29 is 13.2 Å². The van der Waals surface area contributed by atoms with Crippen molar-refractivity contribution in [2.45, 2.75) is 37.0 Å². The van der Waals surface area contributed by atoms with Crippen LogP contribution < -0.4 is 0 Å². The standard InChI is InChI=1S/C21H25N3O3S/c1-16(17-7-5-11-23-14-17)13-20(22)21(25)18-8-6-12-24(15-18)28(26,27)19-9-3-2-4-10-19/h2-5,7,9-11,14,16,18,22H,6,8,12-13,15H2,1H3. The van der Waals surface area contributed by atoms with Gasteiger partial charge in [-0.05, 0) is 48.9 Å². The van der Waals surface area contributed by atoms with Crippen molar-refractivity contribution in [3.8, 4) is 0 Å². The first kappa shape index (κ1) is 20.4. The second-order valence-electron chi connectivity index (χ2n) is 7.25. The number of carbonyl (C=O) groups excluding carboxylic acids is 1. The number of piperidine rings is 1. The minimum Gasteiger partial charge on any atom is -0.302 e. The van der Waals surface area contributed by atoms with Gasteiger partial charge in [0, 0.05) is 31.4 Å². The number of nitrogens with zero attached hydrogens (tertiary/aromatic N) is 2. The lowest BCUT2D eigenvalue weighted by molar-refractivity contribution is -0.117. The molecule has 6 nitrogen and oxygen atoms in total. The number of pyridine rings is 1. The van der Waals surface area contributed by atoms with E-state index in [1.165, 1.54) is 4.31 Å². The summed E-state index contributed by atoms with van der Waals surface area (Å²) in [7, 11) is -3.62. The lowest BCUT2D eigenvalue weighted by atomic mass is 9.88. The zero-order valence-corrected chi connectivity index (χ0v) is 16.7. The molecule has 148 valence electrons. The molecular weight excluding hydrogens is 374 g/mol. The molecular formula is C21H25N3O3S. The van der Waals surface area contributed by atoms with Crippen LogP contribution >= 0.6 is 0 Å². The second-order valence-corrected chi connectivity index (χ2v) is 9.19. The molecule has 7 heteroatoms. The third kappa shape index (κ3) is 4.54. The fourth-order valence-electron chi connectivity index (χ4n) is 3.55. The highest BCUT2D eigenvalue weighted by atomic mass is 32.2. The summed E-state index contributed by atoms with van der Waals surface area (Å²) in [6, 6.07) is 12.1. The van der Waals surface area contributed by atoms with E-state index in [-0.39, 0.29) is 28.9 Å².